The van der Waals surface area contributed by atoms with Gasteiger partial charge in [0, 0.05) is 25.7 Å². The molecule has 2 heterocycles. The number of nitrogens with zero attached hydrogens (tertiary/aromatic N) is 3. The Morgan fingerprint density at radius 3 is 2.72 bits per heavy atom. The van der Waals surface area contributed by atoms with Gasteiger partial charge in [0.15, 0.2) is 5.16 Å². The number of carbonyl (C=O) groups excluding carboxylic acids is 1. The smallest absolute Gasteiger partial charge is 0.321 e. The lowest BCUT2D eigenvalue weighted by Gasteiger charge is -2.16. The molecule has 1 amide bonds. The van der Waals surface area contributed by atoms with Crippen LogP contribution in [-0.4, -0.2) is 45.2 Å². The molecule has 0 aliphatic carbocycles. The molecule has 1 saturated heterocycles. The molecule has 1 atom stereocenters. The summed E-state index contributed by atoms with van der Waals surface area (Å²) < 4.78 is 27.8. The van der Waals surface area contributed by atoms with Crippen molar-refractivity contribution in [1.82, 2.24) is 19.8 Å². The van der Waals surface area contributed by atoms with Crippen LogP contribution in [0.5, 0.6) is 0 Å². The molecular weight excluding hydrogens is 394 g/mol. The zero-order valence-corrected chi connectivity index (χ0v) is 16.6. The van der Waals surface area contributed by atoms with Crippen LogP contribution < -0.4 is 5.32 Å². The number of hydrogen-bond acceptors (Lipinski definition) is 4. The highest BCUT2D eigenvalue weighted by Crippen LogP contribution is 2.29. The summed E-state index contributed by atoms with van der Waals surface area (Å²) in [6.45, 7) is -0.121. The number of carbonyl (C=O) groups is 1. The van der Waals surface area contributed by atoms with Crippen LogP contribution in [0.2, 0.25) is 0 Å². The quantitative estimate of drug-likeness (QED) is 0.594. The number of rotatable bonds is 7. The zero-order valence-electron chi connectivity index (χ0n) is 15.8. The van der Waals surface area contributed by atoms with E-state index in [0.717, 1.165) is 42.4 Å². The molecule has 4 rings (SSSR count). The fraction of sp³-hybridized carbons (Fsp3) is 0.333. The number of likely N-dealkylation sites (tertiary alicyclic amines) is 1. The van der Waals surface area contributed by atoms with Crippen molar-refractivity contribution in [2.24, 2.45) is 0 Å². The fourth-order valence-electron chi connectivity index (χ4n) is 3.65. The van der Waals surface area contributed by atoms with E-state index in [1.54, 1.807) is 24.3 Å². The first-order valence-corrected chi connectivity index (χ1v) is 10.5. The van der Waals surface area contributed by atoms with Crippen LogP contribution in [0.4, 0.5) is 8.78 Å². The Labute approximate surface area is 172 Å². The molecule has 1 fully saturated rings. The standard InChI is InChI=1S/C21H22F2N4OS/c22-20(23)27-18-9-5-4-8-17(18)25-21(27)29-14-19(28)24-16-10-11-26(13-16)12-15-6-2-1-3-7-15/h1-9,16,20H,10-14H2,(H,24,28)/t16-/m0/s1. The monoisotopic (exact) mass is 416 g/mol. The Morgan fingerprint density at radius 1 is 1.17 bits per heavy atom. The third-order valence-electron chi connectivity index (χ3n) is 4.98. The molecule has 0 spiro atoms. The van der Waals surface area contributed by atoms with E-state index < -0.39 is 6.55 Å². The predicted molar refractivity (Wildman–Crippen MR) is 110 cm³/mol. The lowest BCUT2D eigenvalue weighted by molar-refractivity contribution is -0.119. The topological polar surface area (TPSA) is 50.2 Å². The molecule has 0 unspecified atom stereocenters. The Balaban J connectivity index is 1.31. The maximum atomic E-state index is 13.5. The number of nitrogens with one attached hydrogen (secondary N) is 1. The second kappa shape index (κ2) is 8.92. The molecule has 3 aromatic rings. The Bertz CT molecular complexity index is 979. The highest BCUT2D eigenvalue weighted by atomic mass is 32.2. The van der Waals surface area contributed by atoms with Crippen LogP contribution in [-0.2, 0) is 11.3 Å². The van der Waals surface area contributed by atoms with Crippen LogP contribution in [0.25, 0.3) is 11.0 Å². The molecule has 8 heteroatoms. The van der Waals surface area contributed by atoms with Crippen molar-refractivity contribution >= 4 is 28.7 Å². The van der Waals surface area contributed by atoms with E-state index in [9.17, 15) is 13.6 Å². The minimum atomic E-state index is -2.70. The van der Waals surface area contributed by atoms with Gasteiger partial charge in [0.2, 0.25) is 5.91 Å². The molecule has 0 saturated carbocycles. The number of para-hydroxylation sites is 2. The second-order valence-electron chi connectivity index (χ2n) is 7.09. The third kappa shape index (κ3) is 4.76. The first-order chi connectivity index (χ1) is 14.1. The number of hydrogen-bond donors (Lipinski definition) is 1. The lowest BCUT2D eigenvalue weighted by Crippen LogP contribution is -2.38. The minimum Gasteiger partial charge on any atom is -0.351 e. The normalized spacial score (nSPS) is 17.3. The van der Waals surface area contributed by atoms with Gasteiger partial charge < -0.3 is 5.32 Å². The molecule has 0 bridgehead atoms. The summed E-state index contributed by atoms with van der Waals surface area (Å²) in [7, 11) is 0. The van der Waals surface area contributed by atoms with E-state index >= 15 is 0 Å². The van der Waals surface area contributed by atoms with Gasteiger partial charge in [0.05, 0.1) is 16.8 Å². The van der Waals surface area contributed by atoms with Gasteiger partial charge in [-0.3, -0.25) is 14.3 Å². The number of thioether (sulfide) groups is 1. The molecule has 152 valence electrons. The largest absolute Gasteiger partial charge is 0.351 e. The number of amides is 1. The first-order valence-electron chi connectivity index (χ1n) is 9.53. The number of benzene rings is 2. The molecule has 5 nitrogen and oxygen atoms in total. The molecule has 1 N–H and O–H groups in total. The summed E-state index contributed by atoms with van der Waals surface area (Å²) in [5, 5.41) is 3.18. The Morgan fingerprint density at radius 2 is 1.93 bits per heavy atom. The number of aromatic nitrogens is 2. The highest BCUT2D eigenvalue weighted by molar-refractivity contribution is 7.99. The lowest BCUT2D eigenvalue weighted by atomic mass is 10.2. The average molecular weight is 416 g/mol. The summed E-state index contributed by atoms with van der Waals surface area (Å²) >= 11 is 1.04. The van der Waals surface area contributed by atoms with Gasteiger partial charge in [0.25, 0.3) is 0 Å². The van der Waals surface area contributed by atoms with E-state index in [0.29, 0.717) is 11.0 Å². The average Bonchev–Trinajstić information content (AvgIpc) is 3.31. The summed E-state index contributed by atoms with van der Waals surface area (Å²) in [6.07, 6.45) is 0.888. The van der Waals surface area contributed by atoms with Crippen molar-refractivity contribution < 1.29 is 13.6 Å². The van der Waals surface area contributed by atoms with E-state index in [1.807, 2.05) is 18.2 Å². The Hall–Kier alpha value is -2.45. The molecule has 0 radical (unpaired) electrons. The van der Waals surface area contributed by atoms with Crippen molar-refractivity contribution in [1.29, 1.82) is 0 Å². The zero-order chi connectivity index (χ0) is 20.2. The minimum absolute atomic E-state index is 0.0607. The summed E-state index contributed by atoms with van der Waals surface area (Å²) in [5.41, 5.74) is 2.13. The fourth-order valence-corrected chi connectivity index (χ4v) is 4.47. The molecule has 1 aliphatic rings. The number of imidazole rings is 1. The van der Waals surface area contributed by atoms with Crippen LogP contribution in [0, 0.1) is 0 Å². The second-order valence-corrected chi connectivity index (χ2v) is 8.04. The van der Waals surface area contributed by atoms with Crippen molar-refractivity contribution in [2.45, 2.75) is 30.7 Å². The van der Waals surface area contributed by atoms with Crippen LogP contribution in [0.15, 0.2) is 59.8 Å². The summed E-state index contributed by atoms with van der Waals surface area (Å²) in [5.74, 6) is -0.0972. The predicted octanol–water partition coefficient (Wildman–Crippen LogP) is 3.91. The molecule has 1 aromatic heterocycles. The number of halogens is 2. The molecular formula is C21H22F2N4OS. The van der Waals surface area contributed by atoms with Gasteiger partial charge in [-0.25, -0.2) is 4.98 Å². The van der Waals surface area contributed by atoms with E-state index in [4.69, 9.17) is 0 Å². The number of fused-ring (bicyclic) bond motifs is 1. The van der Waals surface area contributed by atoms with Gasteiger partial charge in [-0.05, 0) is 24.1 Å². The van der Waals surface area contributed by atoms with E-state index in [2.05, 4.69) is 27.3 Å². The van der Waals surface area contributed by atoms with Gasteiger partial charge in [0.1, 0.15) is 0 Å². The van der Waals surface area contributed by atoms with E-state index in [-0.39, 0.29) is 22.9 Å². The molecule has 1 aliphatic heterocycles. The van der Waals surface area contributed by atoms with E-state index in [1.165, 1.54) is 5.56 Å². The molecule has 29 heavy (non-hydrogen) atoms. The number of alkyl halides is 2. The molecule has 2 aromatic carbocycles. The van der Waals surface area contributed by atoms with Gasteiger partial charge >= 0.3 is 6.55 Å². The van der Waals surface area contributed by atoms with Crippen molar-refractivity contribution in [3.8, 4) is 0 Å². The SMILES string of the molecule is O=C(CSc1nc2ccccc2n1C(F)F)N[C@H]1CCN(Cc2ccccc2)C1. The van der Waals surface area contributed by atoms with Gasteiger partial charge in [-0.15, -0.1) is 0 Å². The maximum Gasteiger partial charge on any atom is 0.321 e. The maximum absolute atomic E-state index is 13.5. The first kappa shape index (κ1) is 19.8. The summed E-state index contributed by atoms with van der Waals surface area (Å²) in [6, 6.07) is 17.1. The van der Waals surface area contributed by atoms with Crippen LogP contribution >= 0.6 is 11.8 Å². The Kier molecular flexibility index (Phi) is 6.10. The van der Waals surface area contributed by atoms with Crippen LogP contribution in [0.1, 0.15) is 18.5 Å². The van der Waals surface area contributed by atoms with Gasteiger partial charge in [-0.2, -0.15) is 8.78 Å². The van der Waals surface area contributed by atoms with Crippen LogP contribution in [0.3, 0.4) is 0 Å². The van der Waals surface area contributed by atoms with Crippen molar-refractivity contribution in [3.63, 3.8) is 0 Å². The van der Waals surface area contributed by atoms with Gasteiger partial charge in [-0.1, -0.05) is 54.2 Å². The summed E-state index contributed by atoms with van der Waals surface area (Å²) in [4.78, 5) is 18.9. The van der Waals surface area contributed by atoms with Crippen molar-refractivity contribution in [3.05, 3.63) is 60.2 Å². The van der Waals surface area contributed by atoms with Crippen molar-refractivity contribution in [2.75, 3.05) is 18.8 Å². The third-order valence-corrected chi connectivity index (χ3v) is 5.93. The highest BCUT2D eigenvalue weighted by Gasteiger charge is 2.24.